The highest BCUT2D eigenvalue weighted by molar-refractivity contribution is 5.83. The quantitative estimate of drug-likeness (QED) is 0.805. The maximum Gasteiger partial charge on any atom is 0.241 e. The molecule has 0 aromatic heterocycles. The lowest BCUT2D eigenvalue weighted by atomic mass is 9.48. The van der Waals surface area contributed by atoms with Crippen LogP contribution in [0.15, 0.2) is 30.3 Å². The van der Waals surface area contributed by atoms with Gasteiger partial charge in [-0.2, -0.15) is 0 Å². The van der Waals surface area contributed by atoms with Gasteiger partial charge in [0.2, 0.25) is 5.91 Å². The van der Waals surface area contributed by atoms with E-state index in [0.717, 1.165) is 36.2 Å². The molecule has 5 fully saturated rings. The van der Waals surface area contributed by atoms with Gasteiger partial charge >= 0.3 is 0 Å². The van der Waals surface area contributed by atoms with Gasteiger partial charge in [-0.1, -0.05) is 30.3 Å². The average Bonchev–Trinajstić information content (AvgIpc) is 3.43. The summed E-state index contributed by atoms with van der Waals surface area (Å²) in [6.45, 7) is 2.35. The van der Waals surface area contributed by atoms with Gasteiger partial charge in [-0.3, -0.25) is 10.1 Å². The molecule has 5 aliphatic rings. The third-order valence-corrected chi connectivity index (χ3v) is 7.74. The third-order valence-electron chi connectivity index (χ3n) is 7.74. The Morgan fingerprint density at radius 1 is 1.00 bits per heavy atom. The summed E-state index contributed by atoms with van der Waals surface area (Å²) < 4.78 is 0. The second-order valence-corrected chi connectivity index (χ2v) is 9.79. The highest BCUT2D eigenvalue weighted by Crippen LogP contribution is 2.61. The van der Waals surface area contributed by atoms with Crippen LogP contribution in [0.1, 0.15) is 69.9 Å². The lowest BCUT2D eigenvalue weighted by Gasteiger charge is -2.59. The molecule has 2 atom stereocenters. The van der Waals surface area contributed by atoms with Gasteiger partial charge < -0.3 is 5.32 Å². The number of hydrogen-bond donors (Lipinski definition) is 2. The number of nitrogens with one attached hydrogen (secondary N) is 2. The number of hydrogen-bond acceptors (Lipinski definition) is 2. The summed E-state index contributed by atoms with van der Waals surface area (Å²) in [5.74, 6) is 3.00. The summed E-state index contributed by atoms with van der Waals surface area (Å²) in [6.07, 6.45) is 10.8. The fourth-order valence-corrected chi connectivity index (χ4v) is 6.62. The smallest absolute Gasteiger partial charge is 0.241 e. The molecular weight excluding hydrogens is 320 g/mol. The van der Waals surface area contributed by atoms with Crippen LogP contribution in [0, 0.1) is 23.2 Å². The molecule has 5 saturated carbocycles. The molecule has 1 amide bonds. The Balaban J connectivity index is 1.36. The zero-order valence-electron chi connectivity index (χ0n) is 15.9. The van der Waals surface area contributed by atoms with Crippen molar-refractivity contribution in [2.24, 2.45) is 23.2 Å². The zero-order valence-corrected chi connectivity index (χ0v) is 15.9. The van der Waals surface area contributed by atoms with Gasteiger partial charge in [0, 0.05) is 12.1 Å². The second kappa shape index (κ2) is 6.37. The Morgan fingerprint density at radius 3 is 2.12 bits per heavy atom. The van der Waals surface area contributed by atoms with Crippen LogP contribution in [0.3, 0.4) is 0 Å². The first-order valence-corrected chi connectivity index (χ1v) is 10.7. The molecule has 3 heteroatoms. The molecule has 3 nitrogen and oxygen atoms in total. The molecule has 2 N–H and O–H groups in total. The molecule has 0 saturated heterocycles. The number of carbonyl (C=O) groups excluding carboxylic acids is 1. The summed E-state index contributed by atoms with van der Waals surface area (Å²) in [4.78, 5) is 13.0. The van der Waals surface area contributed by atoms with Crippen molar-refractivity contribution in [1.82, 2.24) is 10.6 Å². The van der Waals surface area contributed by atoms with Crippen LogP contribution in [-0.2, 0) is 4.79 Å². The molecule has 1 aromatic rings. The molecular formula is C23H32N2O. The summed E-state index contributed by atoms with van der Waals surface area (Å²) in [7, 11) is 0. The van der Waals surface area contributed by atoms with E-state index in [2.05, 4.69) is 29.7 Å². The van der Waals surface area contributed by atoms with Crippen molar-refractivity contribution in [3.63, 3.8) is 0 Å². The minimum Gasteiger partial charge on any atom is -0.352 e. The van der Waals surface area contributed by atoms with Crippen LogP contribution in [-0.4, -0.2) is 18.0 Å². The monoisotopic (exact) mass is 352 g/mol. The molecule has 0 unspecified atom stereocenters. The van der Waals surface area contributed by atoms with E-state index >= 15 is 0 Å². The lowest BCUT2D eigenvalue weighted by Crippen LogP contribution is -2.56. The van der Waals surface area contributed by atoms with Crippen molar-refractivity contribution < 1.29 is 4.79 Å². The Labute approximate surface area is 157 Å². The maximum atomic E-state index is 13.0. The van der Waals surface area contributed by atoms with E-state index in [4.69, 9.17) is 0 Å². The predicted octanol–water partition coefficient (Wildman–Crippen LogP) is 4.20. The number of amides is 1. The number of benzene rings is 1. The van der Waals surface area contributed by atoms with Crippen LogP contribution >= 0.6 is 0 Å². The fraction of sp³-hybridized carbons (Fsp3) is 0.696. The summed E-state index contributed by atoms with van der Waals surface area (Å²) >= 11 is 0. The van der Waals surface area contributed by atoms with E-state index in [9.17, 15) is 4.79 Å². The molecule has 26 heavy (non-hydrogen) atoms. The van der Waals surface area contributed by atoms with Gasteiger partial charge in [0.1, 0.15) is 6.04 Å². The van der Waals surface area contributed by atoms with E-state index in [-0.39, 0.29) is 11.9 Å². The Kier molecular flexibility index (Phi) is 4.11. The molecule has 5 aliphatic carbocycles. The normalized spacial score (nSPS) is 37.3. The standard InChI is InChI=1S/C23H32N2O/c1-15(23-12-16-9-17(13-23)11-18(10-16)14-23)24-21(19-5-3-2-4-6-19)22(26)25-20-7-8-20/h2-6,15-18,20-21,24H,7-14H2,1H3,(H,25,26)/t15-,16?,17?,18?,21+,23?/m0/s1. The topological polar surface area (TPSA) is 41.1 Å². The van der Waals surface area contributed by atoms with Crippen molar-refractivity contribution in [1.29, 1.82) is 0 Å². The minimum atomic E-state index is -0.222. The van der Waals surface area contributed by atoms with Gasteiger partial charge in [-0.05, 0) is 87.0 Å². The minimum absolute atomic E-state index is 0.162. The Bertz CT molecular complexity index is 631. The van der Waals surface area contributed by atoms with Crippen LogP contribution in [0.4, 0.5) is 0 Å². The molecule has 0 spiro atoms. The number of rotatable bonds is 6. The molecule has 140 valence electrons. The first kappa shape index (κ1) is 16.8. The van der Waals surface area contributed by atoms with Gasteiger partial charge in [-0.15, -0.1) is 0 Å². The van der Waals surface area contributed by atoms with E-state index in [1.54, 1.807) is 0 Å². The molecule has 1 aromatic carbocycles. The Hall–Kier alpha value is -1.35. The zero-order chi connectivity index (χ0) is 17.7. The third kappa shape index (κ3) is 3.09. The first-order valence-electron chi connectivity index (χ1n) is 10.7. The molecule has 0 aliphatic heterocycles. The van der Waals surface area contributed by atoms with Crippen LogP contribution in [0.25, 0.3) is 0 Å². The maximum absolute atomic E-state index is 13.0. The van der Waals surface area contributed by atoms with E-state index in [0.29, 0.717) is 17.5 Å². The van der Waals surface area contributed by atoms with Crippen molar-refractivity contribution in [2.45, 2.75) is 76.4 Å². The van der Waals surface area contributed by atoms with Crippen LogP contribution in [0.2, 0.25) is 0 Å². The van der Waals surface area contributed by atoms with Crippen molar-refractivity contribution in [3.05, 3.63) is 35.9 Å². The van der Waals surface area contributed by atoms with Gasteiger partial charge in [0.25, 0.3) is 0 Å². The van der Waals surface area contributed by atoms with E-state index < -0.39 is 0 Å². The second-order valence-electron chi connectivity index (χ2n) is 9.79. The van der Waals surface area contributed by atoms with Crippen molar-refractivity contribution in [3.8, 4) is 0 Å². The fourth-order valence-electron chi connectivity index (χ4n) is 6.62. The number of carbonyl (C=O) groups is 1. The molecule has 0 heterocycles. The summed E-state index contributed by atoms with van der Waals surface area (Å²) in [5, 5.41) is 7.04. The molecule has 4 bridgehead atoms. The molecule has 0 radical (unpaired) electrons. The van der Waals surface area contributed by atoms with Gasteiger partial charge in [-0.25, -0.2) is 0 Å². The van der Waals surface area contributed by atoms with Crippen LogP contribution < -0.4 is 10.6 Å². The van der Waals surface area contributed by atoms with E-state index in [1.165, 1.54) is 38.5 Å². The highest BCUT2D eigenvalue weighted by Gasteiger charge is 2.53. The SMILES string of the molecule is C[C@H](N[C@@H](C(=O)NC1CC1)c1ccccc1)C12CC3CC(CC(C3)C1)C2. The summed E-state index contributed by atoms with van der Waals surface area (Å²) in [6, 6.07) is 10.9. The van der Waals surface area contributed by atoms with Crippen molar-refractivity contribution in [2.75, 3.05) is 0 Å². The Morgan fingerprint density at radius 2 is 1.58 bits per heavy atom. The average molecular weight is 353 g/mol. The van der Waals surface area contributed by atoms with Crippen molar-refractivity contribution >= 4 is 5.91 Å². The summed E-state index contributed by atoms with van der Waals surface area (Å²) in [5.41, 5.74) is 1.52. The molecule has 6 rings (SSSR count). The largest absolute Gasteiger partial charge is 0.352 e. The van der Waals surface area contributed by atoms with Gasteiger partial charge in [0.05, 0.1) is 0 Å². The van der Waals surface area contributed by atoms with Gasteiger partial charge in [0.15, 0.2) is 0 Å². The lowest BCUT2D eigenvalue weighted by molar-refractivity contribution is -0.124. The first-order chi connectivity index (χ1) is 12.6. The predicted molar refractivity (Wildman–Crippen MR) is 104 cm³/mol. The van der Waals surface area contributed by atoms with Crippen LogP contribution in [0.5, 0.6) is 0 Å². The highest BCUT2D eigenvalue weighted by atomic mass is 16.2. The van der Waals surface area contributed by atoms with E-state index in [1.807, 2.05) is 18.2 Å².